The lowest BCUT2D eigenvalue weighted by Crippen LogP contribution is -2.17. The maximum Gasteiger partial charge on any atom is 0.573 e. The second-order valence-corrected chi connectivity index (χ2v) is 4.25. The zero-order valence-corrected chi connectivity index (χ0v) is 11.6. The van der Waals surface area contributed by atoms with Gasteiger partial charge in [0.1, 0.15) is 29.7 Å². The first-order valence-electron chi connectivity index (χ1n) is 5.07. The second-order valence-electron chi connectivity index (χ2n) is 3.40. The number of hydrogen-bond acceptors (Lipinski definition) is 5. The molecule has 5 nitrogen and oxygen atoms in total. The Hall–Kier alpha value is -2.70. The quantitative estimate of drug-likeness (QED) is 0.835. The van der Waals surface area contributed by atoms with Crippen LogP contribution in [-0.4, -0.2) is 6.36 Å². The van der Waals surface area contributed by atoms with Crippen LogP contribution in [0.5, 0.6) is 5.75 Å². The van der Waals surface area contributed by atoms with E-state index in [1.165, 1.54) is 18.2 Å². The van der Waals surface area contributed by atoms with Crippen molar-refractivity contribution in [1.29, 1.82) is 15.8 Å². The fraction of sp³-hybridized carbons (Fsp3) is 0.0833. The number of nitrogens with one attached hydrogen (secondary N) is 1. The summed E-state index contributed by atoms with van der Waals surface area (Å²) in [6, 6.07) is 7.94. The Bertz CT molecular complexity index is 691. The minimum Gasteiger partial charge on any atom is -0.406 e. The third-order valence-electron chi connectivity index (χ3n) is 2.02. The number of anilines is 1. The zero-order chi connectivity index (χ0) is 16.0. The summed E-state index contributed by atoms with van der Waals surface area (Å²) in [5.41, 5.74) is -0.561. The Kier molecular flexibility index (Phi) is 5.18. The van der Waals surface area contributed by atoms with Gasteiger partial charge < -0.3 is 10.1 Å². The van der Waals surface area contributed by atoms with Gasteiger partial charge in [-0.25, -0.2) is 0 Å². The van der Waals surface area contributed by atoms with E-state index in [9.17, 15) is 13.2 Å². The van der Waals surface area contributed by atoms with Crippen LogP contribution in [0.4, 0.5) is 18.9 Å². The Morgan fingerprint density at radius 3 is 2.19 bits per heavy atom. The van der Waals surface area contributed by atoms with Gasteiger partial charge in [-0.15, -0.1) is 13.2 Å². The number of nitriles is 3. The summed E-state index contributed by atoms with van der Waals surface area (Å²) in [6.07, 6.45) is -4.82. The Morgan fingerprint density at radius 2 is 1.76 bits per heavy atom. The lowest BCUT2D eigenvalue weighted by molar-refractivity contribution is -0.274. The van der Waals surface area contributed by atoms with Crippen molar-refractivity contribution < 1.29 is 17.9 Å². The van der Waals surface area contributed by atoms with Gasteiger partial charge in [-0.3, -0.25) is 0 Å². The van der Waals surface area contributed by atoms with Gasteiger partial charge in [0.05, 0.1) is 5.69 Å². The monoisotopic (exact) mass is 356 g/mol. The van der Waals surface area contributed by atoms with E-state index in [1.807, 2.05) is 0 Å². The number of ether oxygens (including phenoxy) is 1. The predicted molar refractivity (Wildman–Crippen MR) is 68.3 cm³/mol. The van der Waals surface area contributed by atoms with E-state index >= 15 is 0 Å². The van der Waals surface area contributed by atoms with E-state index in [2.05, 4.69) is 26.0 Å². The first-order chi connectivity index (χ1) is 9.80. The average molecular weight is 357 g/mol. The number of alkyl halides is 3. The molecular weight excluding hydrogens is 353 g/mol. The van der Waals surface area contributed by atoms with Crippen molar-refractivity contribution in [3.05, 3.63) is 33.9 Å². The van der Waals surface area contributed by atoms with Crippen LogP contribution in [-0.2, 0) is 0 Å². The fourth-order valence-corrected chi connectivity index (χ4v) is 1.67. The third-order valence-corrected chi connectivity index (χ3v) is 2.68. The molecule has 0 heterocycles. The lowest BCUT2D eigenvalue weighted by Gasteiger charge is -2.11. The van der Waals surface area contributed by atoms with Crippen LogP contribution in [0.15, 0.2) is 33.9 Å². The van der Waals surface area contributed by atoms with E-state index in [0.717, 1.165) is 12.1 Å². The molecule has 21 heavy (non-hydrogen) atoms. The van der Waals surface area contributed by atoms with E-state index in [1.54, 1.807) is 6.07 Å². The van der Waals surface area contributed by atoms with E-state index in [4.69, 9.17) is 15.8 Å². The minimum atomic E-state index is -4.82. The molecule has 1 rings (SSSR count). The smallest absolute Gasteiger partial charge is 0.406 e. The van der Waals surface area contributed by atoms with Crippen molar-refractivity contribution in [1.82, 2.24) is 0 Å². The molecule has 0 saturated heterocycles. The van der Waals surface area contributed by atoms with Crippen LogP contribution in [0.3, 0.4) is 0 Å². The van der Waals surface area contributed by atoms with Crippen molar-refractivity contribution in [2.75, 3.05) is 5.32 Å². The van der Waals surface area contributed by atoms with Crippen LogP contribution in [0, 0.1) is 34.0 Å². The topological polar surface area (TPSA) is 92.6 Å². The van der Waals surface area contributed by atoms with Gasteiger partial charge in [0.15, 0.2) is 5.57 Å². The van der Waals surface area contributed by atoms with Crippen molar-refractivity contribution in [3.63, 3.8) is 0 Å². The van der Waals surface area contributed by atoms with Gasteiger partial charge in [0.2, 0.25) is 0 Å². The molecule has 0 saturated carbocycles. The summed E-state index contributed by atoms with van der Waals surface area (Å²) in [5.74, 6) is -0.455. The molecule has 0 aliphatic heterocycles. The van der Waals surface area contributed by atoms with Crippen LogP contribution < -0.4 is 10.1 Å². The first-order valence-corrected chi connectivity index (χ1v) is 5.87. The molecule has 0 fully saturated rings. The van der Waals surface area contributed by atoms with E-state index in [0.29, 0.717) is 0 Å². The second kappa shape index (κ2) is 6.65. The SMILES string of the molecule is N#CC(C#N)=C(C#N)Nc1ccc(OC(F)(F)F)cc1Br. The molecule has 1 N–H and O–H groups in total. The predicted octanol–water partition coefficient (Wildman–Crippen LogP) is 3.58. The molecule has 0 radical (unpaired) electrons. The number of rotatable bonds is 3. The molecule has 0 spiro atoms. The van der Waals surface area contributed by atoms with Gasteiger partial charge in [0.25, 0.3) is 0 Å². The van der Waals surface area contributed by atoms with Crippen molar-refractivity contribution >= 4 is 21.6 Å². The summed E-state index contributed by atoms with van der Waals surface area (Å²) < 4.78 is 40.1. The maximum absolute atomic E-state index is 12.1. The van der Waals surface area contributed by atoms with E-state index in [-0.39, 0.29) is 15.9 Å². The molecule has 106 valence electrons. The third kappa shape index (κ3) is 4.72. The van der Waals surface area contributed by atoms with Gasteiger partial charge in [-0.05, 0) is 34.1 Å². The van der Waals surface area contributed by atoms with E-state index < -0.39 is 17.7 Å². The Morgan fingerprint density at radius 1 is 1.14 bits per heavy atom. The van der Waals surface area contributed by atoms with Gasteiger partial charge in [-0.2, -0.15) is 15.8 Å². The van der Waals surface area contributed by atoms with Crippen molar-refractivity contribution in [3.8, 4) is 24.0 Å². The lowest BCUT2D eigenvalue weighted by atomic mass is 10.2. The van der Waals surface area contributed by atoms with Crippen molar-refractivity contribution in [2.45, 2.75) is 6.36 Å². The van der Waals surface area contributed by atoms with Gasteiger partial charge in [-0.1, -0.05) is 0 Å². The molecule has 1 aromatic rings. The fourth-order valence-electron chi connectivity index (χ4n) is 1.21. The summed E-state index contributed by atoms with van der Waals surface area (Å²) in [6.45, 7) is 0. The Labute approximate surface area is 125 Å². The summed E-state index contributed by atoms with van der Waals surface area (Å²) >= 11 is 3.00. The van der Waals surface area contributed by atoms with Crippen LogP contribution in [0.1, 0.15) is 0 Å². The molecule has 9 heteroatoms. The van der Waals surface area contributed by atoms with Gasteiger partial charge in [0, 0.05) is 4.47 Å². The largest absolute Gasteiger partial charge is 0.573 e. The molecule has 0 atom stereocenters. The molecule has 0 bridgehead atoms. The van der Waals surface area contributed by atoms with Crippen LogP contribution in [0.2, 0.25) is 0 Å². The van der Waals surface area contributed by atoms with Crippen molar-refractivity contribution in [2.24, 2.45) is 0 Å². The van der Waals surface area contributed by atoms with Crippen LogP contribution in [0.25, 0.3) is 0 Å². The molecule has 0 aliphatic carbocycles. The molecule has 0 aromatic heterocycles. The average Bonchev–Trinajstić information content (AvgIpc) is 2.39. The number of allylic oxidation sites excluding steroid dienone is 2. The summed E-state index contributed by atoms with van der Waals surface area (Å²) in [7, 11) is 0. The first kappa shape index (κ1) is 16.4. The summed E-state index contributed by atoms with van der Waals surface area (Å²) in [4.78, 5) is 0. The molecule has 0 amide bonds. The highest BCUT2D eigenvalue weighted by Crippen LogP contribution is 2.31. The number of nitrogens with zero attached hydrogens (tertiary/aromatic N) is 3. The standard InChI is InChI=1S/C12H4BrF3N4O/c13-9-3-8(21-12(14,15)16)1-2-10(9)20-11(6-19)7(4-17)5-18/h1-3,20H. The number of hydrogen-bond donors (Lipinski definition) is 1. The molecule has 0 unspecified atom stereocenters. The summed E-state index contributed by atoms with van der Waals surface area (Å²) in [5, 5.41) is 28.7. The molecule has 0 aliphatic rings. The minimum absolute atomic E-state index is 0.159. The molecular formula is C12H4BrF3N4O. The highest BCUT2D eigenvalue weighted by molar-refractivity contribution is 9.10. The zero-order valence-electron chi connectivity index (χ0n) is 9.99. The Balaban J connectivity index is 3.08. The molecule has 1 aromatic carbocycles. The van der Waals surface area contributed by atoms with Crippen LogP contribution >= 0.6 is 15.9 Å². The number of halogens is 4. The maximum atomic E-state index is 12.1. The highest BCUT2D eigenvalue weighted by atomic mass is 79.9. The normalized spacial score (nSPS) is 9.76. The number of benzene rings is 1. The van der Waals surface area contributed by atoms with Gasteiger partial charge >= 0.3 is 6.36 Å². The highest BCUT2D eigenvalue weighted by Gasteiger charge is 2.31.